The summed E-state index contributed by atoms with van der Waals surface area (Å²) < 4.78 is 10.3. The number of fused-ring (bicyclic) bond motifs is 1. The van der Waals surface area contributed by atoms with E-state index in [2.05, 4.69) is 20.6 Å². The van der Waals surface area contributed by atoms with E-state index < -0.39 is 6.09 Å². The van der Waals surface area contributed by atoms with Crippen LogP contribution in [-0.2, 0) is 11.3 Å². The van der Waals surface area contributed by atoms with Crippen molar-refractivity contribution in [2.75, 3.05) is 11.9 Å². The molecule has 2 aromatic heterocycles. The first kappa shape index (κ1) is 17.4. The average Bonchev–Trinajstić information content (AvgIpc) is 3.00. The lowest BCUT2D eigenvalue weighted by atomic mass is 10.2. The van der Waals surface area contributed by atoms with Crippen LogP contribution in [0.3, 0.4) is 0 Å². The number of carbonyl (C=O) groups is 2. The van der Waals surface area contributed by atoms with Gasteiger partial charge in [-0.1, -0.05) is 0 Å². The summed E-state index contributed by atoms with van der Waals surface area (Å²) in [5, 5.41) is 5.37. The Morgan fingerprint density at radius 1 is 1.23 bits per heavy atom. The molecular formula is C18H18N4O4. The fourth-order valence-electron chi connectivity index (χ4n) is 2.38. The number of rotatable bonds is 5. The topological polar surface area (TPSA) is 106 Å². The lowest BCUT2D eigenvalue weighted by Gasteiger charge is -2.07. The van der Waals surface area contributed by atoms with E-state index in [4.69, 9.17) is 9.15 Å². The van der Waals surface area contributed by atoms with Crippen LogP contribution < -0.4 is 10.6 Å². The molecule has 0 aliphatic heterocycles. The first-order chi connectivity index (χ1) is 12.5. The van der Waals surface area contributed by atoms with Crippen LogP contribution >= 0.6 is 0 Å². The summed E-state index contributed by atoms with van der Waals surface area (Å²) in [6.07, 6.45) is 0.986. The number of amides is 2. The molecule has 3 aromatic rings. The van der Waals surface area contributed by atoms with Gasteiger partial charge in [-0.3, -0.25) is 9.78 Å². The van der Waals surface area contributed by atoms with Crippen molar-refractivity contribution in [1.29, 1.82) is 0 Å². The zero-order valence-corrected chi connectivity index (χ0v) is 14.4. The van der Waals surface area contributed by atoms with Gasteiger partial charge < -0.3 is 19.8 Å². The van der Waals surface area contributed by atoms with Crippen molar-refractivity contribution in [3.05, 3.63) is 53.7 Å². The summed E-state index contributed by atoms with van der Waals surface area (Å²) >= 11 is 0. The van der Waals surface area contributed by atoms with Gasteiger partial charge in [-0.05, 0) is 31.2 Å². The van der Waals surface area contributed by atoms with Gasteiger partial charge in [0.1, 0.15) is 5.52 Å². The number of nitrogens with zero attached hydrogens (tertiary/aromatic N) is 2. The molecule has 26 heavy (non-hydrogen) atoms. The Labute approximate surface area is 149 Å². The van der Waals surface area contributed by atoms with Crippen molar-refractivity contribution in [1.82, 2.24) is 15.3 Å². The first-order valence-corrected chi connectivity index (χ1v) is 8.09. The molecule has 0 radical (unpaired) electrons. The number of aryl methyl sites for hydroxylation is 1. The van der Waals surface area contributed by atoms with Crippen molar-refractivity contribution in [2.45, 2.75) is 20.4 Å². The van der Waals surface area contributed by atoms with Gasteiger partial charge in [0, 0.05) is 30.4 Å². The molecule has 0 fully saturated rings. The average molecular weight is 354 g/mol. The molecule has 2 heterocycles. The largest absolute Gasteiger partial charge is 0.450 e. The number of oxazole rings is 1. The minimum absolute atomic E-state index is 0.170. The van der Waals surface area contributed by atoms with Crippen molar-refractivity contribution in [2.24, 2.45) is 0 Å². The van der Waals surface area contributed by atoms with E-state index in [-0.39, 0.29) is 19.1 Å². The van der Waals surface area contributed by atoms with Crippen LogP contribution in [0.4, 0.5) is 10.5 Å². The van der Waals surface area contributed by atoms with Crippen LogP contribution in [0.5, 0.6) is 0 Å². The minimum Gasteiger partial charge on any atom is -0.450 e. The van der Waals surface area contributed by atoms with Gasteiger partial charge in [-0.15, -0.1) is 0 Å². The third kappa shape index (κ3) is 4.15. The molecule has 0 bridgehead atoms. The predicted molar refractivity (Wildman–Crippen MR) is 94.8 cm³/mol. The molecule has 1 aromatic carbocycles. The third-order valence-electron chi connectivity index (χ3n) is 3.52. The lowest BCUT2D eigenvalue weighted by Crippen LogP contribution is -2.24. The Morgan fingerprint density at radius 3 is 2.88 bits per heavy atom. The molecule has 2 N–H and O–H groups in total. The number of benzene rings is 1. The number of aromatic nitrogens is 2. The standard InChI is InChI=1S/C18H18N4O4/c1-3-25-18(24)20-10-14-8-12(6-7-19-14)17(23)22-13-4-5-15-16(9-13)26-11(2)21-15/h4-9H,3,10H2,1-2H3,(H,20,24)(H,22,23). The second-order valence-corrected chi connectivity index (χ2v) is 5.48. The SMILES string of the molecule is CCOC(=O)NCc1cc(C(=O)Nc2ccc3nc(C)oc3c2)ccn1. The van der Waals surface area contributed by atoms with Crippen LogP contribution in [-0.4, -0.2) is 28.6 Å². The minimum atomic E-state index is -0.528. The summed E-state index contributed by atoms with van der Waals surface area (Å²) in [4.78, 5) is 32.1. The normalized spacial score (nSPS) is 10.5. The van der Waals surface area contributed by atoms with Crippen molar-refractivity contribution in [3.63, 3.8) is 0 Å². The van der Waals surface area contributed by atoms with Crippen molar-refractivity contribution in [3.8, 4) is 0 Å². The summed E-state index contributed by atoms with van der Waals surface area (Å²) in [6, 6.07) is 8.46. The number of hydrogen-bond acceptors (Lipinski definition) is 6. The zero-order chi connectivity index (χ0) is 18.5. The van der Waals surface area contributed by atoms with Gasteiger partial charge in [0.25, 0.3) is 5.91 Å². The molecule has 0 spiro atoms. The van der Waals surface area contributed by atoms with E-state index in [9.17, 15) is 9.59 Å². The highest BCUT2D eigenvalue weighted by Crippen LogP contribution is 2.20. The van der Waals surface area contributed by atoms with E-state index in [0.717, 1.165) is 5.52 Å². The molecule has 8 nitrogen and oxygen atoms in total. The summed E-state index contributed by atoms with van der Waals surface area (Å²) in [7, 11) is 0. The lowest BCUT2D eigenvalue weighted by molar-refractivity contribution is 0.102. The van der Waals surface area contributed by atoms with E-state index in [1.54, 1.807) is 44.2 Å². The van der Waals surface area contributed by atoms with E-state index >= 15 is 0 Å². The molecule has 0 aliphatic carbocycles. The zero-order valence-electron chi connectivity index (χ0n) is 14.4. The van der Waals surface area contributed by atoms with Crippen LogP contribution in [0.15, 0.2) is 40.9 Å². The van der Waals surface area contributed by atoms with Gasteiger partial charge in [0.2, 0.25) is 0 Å². The highest BCUT2D eigenvalue weighted by molar-refractivity contribution is 6.04. The maximum absolute atomic E-state index is 12.5. The van der Waals surface area contributed by atoms with Gasteiger partial charge in [0.05, 0.1) is 18.8 Å². The molecule has 134 valence electrons. The molecule has 0 aliphatic rings. The third-order valence-corrected chi connectivity index (χ3v) is 3.52. The smallest absolute Gasteiger partial charge is 0.407 e. The van der Waals surface area contributed by atoms with Gasteiger partial charge in [-0.2, -0.15) is 0 Å². The predicted octanol–water partition coefficient (Wildman–Crippen LogP) is 3.03. The number of pyridine rings is 1. The molecule has 0 atom stereocenters. The van der Waals surface area contributed by atoms with Crippen LogP contribution in [0.1, 0.15) is 28.9 Å². The second-order valence-electron chi connectivity index (χ2n) is 5.48. The number of alkyl carbamates (subject to hydrolysis) is 1. The fraction of sp³-hybridized carbons (Fsp3) is 0.222. The van der Waals surface area contributed by atoms with Gasteiger partial charge >= 0.3 is 6.09 Å². The Balaban J connectivity index is 1.68. The molecule has 0 saturated heterocycles. The quantitative estimate of drug-likeness (QED) is 0.729. The van der Waals surface area contributed by atoms with Crippen LogP contribution in [0.2, 0.25) is 0 Å². The van der Waals surface area contributed by atoms with E-state index in [1.807, 2.05) is 0 Å². The molecule has 0 saturated carbocycles. The van der Waals surface area contributed by atoms with Gasteiger partial charge in [0.15, 0.2) is 11.5 Å². The maximum Gasteiger partial charge on any atom is 0.407 e. The summed E-state index contributed by atoms with van der Waals surface area (Å²) in [5.74, 6) is 0.275. The molecular weight excluding hydrogens is 336 g/mol. The Morgan fingerprint density at radius 2 is 2.08 bits per heavy atom. The Kier molecular flexibility index (Phi) is 5.12. The van der Waals surface area contributed by atoms with E-state index in [1.165, 1.54) is 6.20 Å². The number of anilines is 1. The Bertz CT molecular complexity index is 951. The number of hydrogen-bond donors (Lipinski definition) is 2. The highest BCUT2D eigenvalue weighted by Gasteiger charge is 2.10. The van der Waals surface area contributed by atoms with Gasteiger partial charge in [-0.25, -0.2) is 9.78 Å². The summed E-state index contributed by atoms with van der Waals surface area (Å²) in [6.45, 7) is 3.95. The van der Waals surface area contributed by atoms with E-state index in [0.29, 0.717) is 28.4 Å². The number of ether oxygens (including phenoxy) is 1. The van der Waals surface area contributed by atoms with Crippen LogP contribution in [0, 0.1) is 6.92 Å². The first-order valence-electron chi connectivity index (χ1n) is 8.09. The molecule has 3 rings (SSSR count). The maximum atomic E-state index is 12.5. The van der Waals surface area contributed by atoms with Crippen molar-refractivity contribution < 1.29 is 18.7 Å². The monoisotopic (exact) mass is 354 g/mol. The van der Waals surface area contributed by atoms with Crippen molar-refractivity contribution >= 4 is 28.8 Å². The number of nitrogens with one attached hydrogen (secondary N) is 2. The Hall–Kier alpha value is -3.42. The van der Waals surface area contributed by atoms with Crippen LogP contribution in [0.25, 0.3) is 11.1 Å². The number of carbonyl (C=O) groups excluding carboxylic acids is 2. The summed E-state index contributed by atoms with van der Waals surface area (Å²) in [5.41, 5.74) is 2.91. The molecule has 0 unspecified atom stereocenters. The highest BCUT2D eigenvalue weighted by atomic mass is 16.5. The molecule has 8 heteroatoms. The fourth-order valence-corrected chi connectivity index (χ4v) is 2.38. The second kappa shape index (κ2) is 7.64. The molecule has 2 amide bonds.